The molecule has 0 heterocycles. The van der Waals surface area contributed by atoms with Crippen molar-refractivity contribution in [3.8, 4) is 0 Å². The second kappa shape index (κ2) is 7.49. The molecule has 152 valence electrons. The van der Waals surface area contributed by atoms with Crippen molar-refractivity contribution in [2.24, 2.45) is 0 Å². The van der Waals surface area contributed by atoms with Crippen molar-refractivity contribution in [3.63, 3.8) is 0 Å². The van der Waals surface area contributed by atoms with Gasteiger partial charge in [0.15, 0.2) is 0 Å². The van der Waals surface area contributed by atoms with Crippen molar-refractivity contribution in [2.45, 2.75) is 65.9 Å². The minimum atomic E-state index is -3.52. The Hall–Kier alpha value is -1.20. The van der Waals surface area contributed by atoms with Gasteiger partial charge in [-0.3, -0.25) is 0 Å². The molecular weight excluding hydrogens is 428 g/mol. The predicted octanol–water partition coefficient (Wildman–Crippen LogP) is 8.92. The van der Waals surface area contributed by atoms with Gasteiger partial charge in [0, 0.05) is 0 Å². The van der Waals surface area contributed by atoms with Gasteiger partial charge in [-0.1, -0.05) is 0 Å². The number of rotatable bonds is 8. The first-order chi connectivity index (χ1) is 14.1. The molecule has 0 aromatic heterocycles. The van der Waals surface area contributed by atoms with Crippen LogP contribution in [0.5, 0.6) is 0 Å². The standard InChI is InChI=1S/4C7H9.Zr/c4*1-2-7-5-3-4-6-7;/h4*3-6H,2H2,1H3;. The number of allylic oxidation sites excluding steroid dienone is 16. The van der Waals surface area contributed by atoms with Crippen LogP contribution in [0.4, 0.5) is 0 Å². The fourth-order valence-electron chi connectivity index (χ4n) is 7.64. The van der Waals surface area contributed by atoms with Gasteiger partial charge in [0.2, 0.25) is 0 Å². The zero-order chi connectivity index (χ0) is 20.6. The first-order valence-corrected chi connectivity index (χ1v) is 16.5. The van der Waals surface area contributed by atoms with Crippen molar-refractivity contribution >= 4 is 0 Å². The second-order valence-electron chi connectivity index (χ2n) is 9.20. The van der Waals surface area contributed by atoms with Gasteiger partial charge in [0.1, 0.15) is 0 Å². The molecule has 29 heavy (non-hydrogen) atoms. The van der Waals surface area contributed by atoms with Crippen molar-refractivity contribution < 1.29 is 20.3 Å². The third kappa shape index (κ3) is 2.40. The van der Waals surface area contributed by atoms with E-state index in [1.165, 1.54) is 25.7 Å². The molecule has 0 amide bonds. The van der Waals surface area contributed by atoms with Crippen molar-refractivity contribution in [1.29, 1.82) is 0 Å². The average Bonchev–Trinajstić information content (AvgIpc) is 3.57. The van der Waals surface area contributed by atoms with E-state index < -0.39 is 20.3 Å². The molecule has 0 radical (unpaired) electrons. The predicted molar refractivity (Wildman–Crippen MR) is 125 cm³/mol. The van der Waals surface area contributed by atoms with Crippen LogP contribution in [0.2, 0.25) is 12.5 Å². The Bertz CT molecular complexity index is 686. The molecule has 0 unspecified atom stereocenters. The van der Waals surface area contributed by atoms with Crippen LogP contribution < -0.4 is 0 Å². The second-order valence-corrected chi connectivity index (χ2v) is 22.0. The summed E-state index contributed by atoms with van der Waals surface area (Å²) >= 11 is -3.52. The molecule has 4 rings (SSSR count). The van der Waals surface area contributed by atoms with Gasteiger partial charge < -0.3 is 0 Å². The molecule has 0 saturated heterocycles. The van der Waals surface area contributed by atoms with Gasteiger partial charge in [-0.15, -0.1) is 0 Å². The van der Waals surface area contributed by atoms with Gasteiger partial charge in [0.25, 0.3) is 0 Å². The van der Waals surface area contributed by atoms with Crippen molar-refractivity contribution in [2.75, 3.05) is 0 Å². The molecular formula is C28H36Zr. The Morgan fingerprint density at radius 1 is 0.379 bits per heavy atom. The maximum absolute atomic E-state index is 3.52. The van der Waals surface area contributed by atoms with E-state index in [0.717, 1.165) is 0 Å². The molecule has 0 aromatic rings. The van der Waals surface area contributed by atoms with Gasteiger partial charge in [0.05, 0.1) is 0 Å². The van der Waals surface area contributed by atoms with Crippen molar-refractivity contribution in [3.05, 3.63) is 97.2 Å². The Balaban J connectivity index is 2.22. The zero-order valence-corrected chi connectivity index (χ0v) is 21.0. The average molecular weight is 464 g/mol. The third-order valence-corrected chi connectivity index (χ3v) is 29.2. The zero-order valence-electron chi connectivity index (χ0n) is 18.6. The van der Waals surface area contributed by atoms with Crippen LogP contribution in [0.3, 0.4) is 0 Å². The maximum atomic E-state index is 2.62. The summed E-state index contributed by atoms with van der Waals surface area (Å²) in [6, 6.07) is 0. The van der Waals surface area contributed by atoms with Crippen LogP contribution in [0.15, 0.2) is 97.2 Å². The quantitative estimate of drug-likeness (QED) is 0.337. The Morgan fingerprint density at radius 2 is 0.552 bits per heavy atom. The molecule has 1 heteroatoms. The SMILES string of the molecule is CC[C]1([Zr]([C]2(CC)C=CC=C2)([C]2(CC)C=CC=C2)[C]2(CC)C=CC=C2)C=CC=C1. The molecule has 0 atom stereocenters. The molecule has 4 aliphatic rings. The van der Waals surface area contributed by atoms with Crippen LogP contribution in [-0.2, 0) is 20.3 Å². The van der Waals surface area contributed by atoms with E-state index in [1.807, 2.05) is 0 Å². The van der Waals surface area contributed by atoms with E-state index in [2.05, 4.69) is 125 Å². The number of hydrogen-bond donors (Lipinski definition) is 0. The van der Waals surface area contributed by atoms with Gasteiger partial charge >= 0.3 is 183 Å². The topological polar surface area (TPSA) is 0 Å². The van der Waals surface area contributed by atoms with Crippen LogP contribution in [0.25, 0.3) is 0 Å². The van der Waals surface area contributed by atoms with Crippen molar-refractivity contribution in [1.82, 2.24) is 0 Å². The monoisotopic (exact) mass is 462 g/mol. The van der Waals surface area contributed by atoms with Gasteiger partial charge in [-0.2, -0.15) is 0 Å². The van der Waals surface area contributed by atoms with Gasteiger partial charge in [-0.25, -0.2) is 0 Å². The van der Waals surface area contributed by atoms with E-state index in [-0.39, 0.29) is 12.5 Å². The summed E-state index contributed by atoms with van der Waals surface area (Å²) in [6.45, 7) is 9.76. The van der Waals surface area contributed by atoms with E-state index in [4.69, 9.17) is 0 Å². The summed E-state index contributed by atoms with van der Waals surface area (Å²) in [7, 11) is 0. The van der Waals surface area contributed by atoms with E-state index in [1.54, 1.807) is 0 Å². The van der Waals surface area contributed by atoms with Gasteiger partial charge in [-0.05, 0) is 0 Å². The van der Waals surface area contributed by atoms with Crippen LogP contribution in [0.1, 0.15) is 53.4 Å². The first kappa shape index (κ1) is 21.1. The molecule has 0 aliphatic heterocycles. The molecule has 0 nitrogen and oxygen atoms in total. The Morgan fingerprint density at radius 3 is 0.690 bits per heavy atom. The Kier molecular flexibility index (Phi) is 5.44. The summed E-state index contributed by atoms with van der Waals surface area (Å²) in [5, 5.41) is 0. The molecule has 0 fully saturated rings. The molecule has 0 aromatic carbocycles. The molecule has 0 saturated carbocycles. The fourth-order valence-corrected chi connectivity index (χ4v) is 32.4. The first-order valence-electron chi connectivity index (χ1n) is 11.6. The number of hydrogen-bond acceptors (Lipinski definition) is 0. The molecule has 0 spiro atoms. The molecule has 0 N–H and O–H groups in total. The van der Waals surface area contributed by atoms with E-state index in [0.29, 0.717) is 0 Å². The minimum absolute atomic E-state index is 0.174. The molecule has 4 aliphatic carbocycles. The summed E-state index contributed by atoms with van der Waals surface area (Å²) in [4.78, 5) is 0. The fraction of sp³-hybridized carbons (Fsp3) is 0.429. The van der Waals surface area contributed by atoms with E-state index >= 15 is 0 Å². The third-order valence-electron chi connectivity index (χ3n) is 8.73. The van der Waals surface area contributed by atoms with Crippen LogP contribution in [0, 0.1) is 0 Å². The summed E-state index contributed by atoms with van der Waals surface area (Å²) in [5.74, 6) is 0. The summed E-state index contributed by atoms with van der Waals surface area (Å²) in [6.07, 6.45) is 44.5. The summed E-state index contributed by atoms with van der Waals surface area (Å²) < 4.78 is 0.697. The van der Waals surface area contributed by atoms with Crippen LogP contribution in [-0.4, -0.2) is 0 Å². The van der Waals surface area contributed by atoms with Crippen LogP contribution >= 0.6 is 0 Å². The summed E-state index contributed by atoms with van der Waals surface area (Å²) in [5.41, 5.74) is 0. The Labute approximate surface area is 182 Å². The molecule has 0 bridgehead atoms. The normalized spacial score (nSPS) is 25.8. The van der Waals surface area contributed by atoms with E-state index in [9.17, 15) is 0 Å².